The second-order valence-corrected chi connectivity index (χ2v) is 9.64. The number of alkyl halides is 11. The molecule has 230 valence electrons. The fourth-order valence-electron chi connectivity index (χ4n) is 3.69. The third-order valence-corrected chi connectivity index (χ3v) is 6.40. The second-order valence-electron chi connectivity index (χ2n) is 9.23. The Hall–Kier alpha value is -3.57. The molecule has 1 aliphatic carbocycles. The SMILES string of the molecule is Cn1nc(OCC(F)(F)C(F)(F)C(F)(F)C(F)F)c(C(F)(F)F)c1-n1cc(-c2ccc(Cl)c(C(=O)NC3CC3)c2)cn1. The first-order valence-corrected chi connectivity index (χ1v) is 12.0. The zero-order chi connectivity index (χ0) is 31.4. The van der Waals surface area contributed by atoms with Crippen LogP contribution in [0.1, 0.15) is 28.8 Å². The summed E-state index contributed by atoms with van der Waals surface area (Å²) in [6.07, 6.45) is -7.01. The van der Waals surface area contributed by atoms with Crippen LogP contribution < -0.4 is 10.1 Å². The Morgan fingerprint density at radius 2 is 1.74 bits per heavy atom. The van der Waals surface area contributed by atoms with Crippen LogP contribution in [0.25, 0.3) is 16.9 Å². The van der Waals surface area contributed by atoms with Gasteiger partial charge in [-0.3, -0.25) is 4.79 Å². The summed E-state index contributed by atoms with van der Waals surface area (Å²) in [5, 5.41) is 9.83. The van der Waals surface area contributed by atoms with E-state index in [1.165, 1.54) is 18.2 Å². The van der Waals surface area contributed by atoms with Crippen LogP contribution in [0.5, 0.6) is 5.88 Å². The maximum atomic E-state index is 14.0. The predicted octanol–water partition coefficient (Wildman–Crippen LogP) is 6.39. The molecule has 19 heteroatoms. The van der Waals surface area contributed by atoms with Gasteiger partial charge in [0.1, 0.15) is 0 Å². The highest BCUT2D eigenvalue weighted by molar-refractivity contribution is 6.34. The molecule has 3 aromatic rings. The maximum absolute atomic E-state index is 14.0. The van der Waals surface area contributed by atoms with Gasteiger partial charge in [0.15, 0.2) is 18.0 Å². The number of aromatic nitrogens is 4. The molecule has 2 heterocycles. The molecule has 1 amide bonds. The van der Waals surface area contributed by atoms with Crippen molar-refractivity contribution in [2.24, 2.45) is 7.05 Å². The lowest BCUT2D eigenvalue weighted by atomic mass is 10.1. The van der Waals surface area contributed by atoms with Gasteiger partial charge in [-0.1, -0.05) is 17.7 Å². The van der Waals surface area contributed by atoms with E-state index in [4.69, 9.17) is 11.6 Å². The predicted molar refractivity (Wildman–Crippen MR) is 123 cm³/mol. The quantitative estimate of drug-likeness (QED) is 0.261. The van der Waals surface area contributed by atoms with Gasteiger partial charge in [0.2, 0.25) is 5.88 Å². The molecule has 0 atom stereocenters. The van der Waals surface area contributed by atoms with Crippen molar-refractivity contribution in [2.45, 2.75) is 49.3 Å². The van der Waals surface area contributed by atoms with E-state index >= 15 is 0 Å². The Bertz CT molecular complexity index is 1480. The van der Waals surface area contributed by atoms with Gasteiger partial charge in [-0.25, -0.2) is 18.1 Å². The van der Waals surface area contributed by atoms with Crippen molar-refractivity contribution in [3.63, 3.8) is 0 Å². The molecule has 1 saturated carbocycles. The third kappa shape index (κ3) is 5.72. The Kier molecular flexibility index (Phi) is 7.92. The number of hydrogen-bond donors (Lipinski definition) is 1. The van der Waals surface area contributed by atoms with Crippen LogP contribution in [-0.4, -0.2) is 62.3 Å². The van der Waals surface area contributed by atoms with Crippen molar-refractivity contribution < 1.29 is 57.8 Å². The van der Waals surface area contributed by atoms with Crippen molar-refractivity contribution in [3.8, 4) is 22.8 Å². The van der Waals surface area contributed by atoms with E-state index in [0.29, 0.717) is 9.36 Å². The highest BCUT2D eigenvalue weighted by Gasteiger charge is 2.75. The first kappa shape index (κ1) is 31.4. The first-order chi connectivity index (χ1) is 19.3. The van der Waals surface area contributed by atoms with E-state index in [1.807, 2.05) is 0 Å². The Labute approximate surface area is 233 Å². The number of nitrogens with one attached hydrogen (secondary N) is 1. The molecule has 42 heavy (non-hydrogen) atoms. The number of carbonyl (C=O) groups is 1. The van der Waals surface area contributed by atoms with Gasteiger partial charge >= 0.3 is 30.4 Å². The highest BCUT2D eigenvalue weighted by Crippen LogP contribution is 2.49. The van der Waals surface area contributed by atoms with E-state index in [-0.39, 0.29) is 27.8 Å². The average Bonchev–Trinajstić information content (AvgIpc) is 3.43. The number of aryl methyl sites for hydroxylation is 1. The van der Waals surface area contributed by atoms with E-state index in [0.717, 1.165) is 32.3 Å². The monoisotopic (exact) mass is 639 g/mol. The van der Waals surface area contributed by atoms with Gasteiger partial charge in [0.25, 0.3) is 5.91 Å². The molecule has 0 saturated heterocycles. The van der Waals surface area contributed by atoms with Crippen molar-refractivity contribution in [1.82, 2.24) is 24.9 Å². The van der Waals surface area contributed by atoms with E-state index in [9.17, 15) is 53.1 Å². The molecule has 0 radical (unpaired) electrons. The van der Waals surface area contributed by atoms with Gasteiger partial charge in [0, 0.05) is 24.8 Å². The van der Waals surface area contributed by atoms with Crippen LogP contribution in [0.15, 0.2) is 30.6 Å². The average molecular weight is 640 g/mol. The largest absolute Gasteiger partial charge is 0.469 e. The molecule has 0 unspecified atom stereocenters. The van der Waals surface area contributed by atoms with E-state index in [2.05, 4.69) is 20.3 Å². The summed E-state index contributed by atoms with van der Waals surface area (Å²) in [4.78, 5) is 12.5. The molecule has 1 aliphatic rings. The molecule has 4 rings (SSSR count). The summed E-state index contributed by atoms with van der Waals surface area (Å²) in [5.41, 5.74) is -1.43. The van der Waals surface area contributed by atoms with E-state index < -0.39 is 60.1 Å². The van der Waals surface area contributed by atoms with Crippen molar-refractivity contribution in [3.05, 3.63) is 46.7 Å². The van der Waals surface area contributed by atoms with Gasteiger partial charge < -0.3 is 10.1 Å². The van der Waals surface area contributed by atoms with E-state index in [1.54, 1.807) is 0 Å². The van der Waals surface area contributed by atoms with Crippen LogP contribution in [0.2, 0.25) is 5.02 Å². The molecule has 2 aromatic heterocycles. The number of ether oxygens (including phenoxy) is 1. The molecule has 1 aromatic carbocycles. The van der Waals surface area contributed by atoms with Crippen LogP contribution in [0.3, 0.4) is 0 Å². The molecule has 1 fully saturated rings. The number of halogens is 12. The minimum absolute atomic E-state index is 0.00556. The Balaban J connectivity index is 1.66. The minimum atomic E-state index is -6.70. The topological polar surface area (TPSA) is 74.0 Å². The first-order valence-electron chi connectivity index (χ1n) is 11.6. The summed E-state index contributed by atoms with van der Waals surface area (Å²) in [6, 6.07) is 4.13. The number of amides is 1. The molecule has 0 aliphatic heterocycles. The molecule has 1 N–H and O–H groups in total. The number of benzene rings is 1. The summed E-state index contributed by atoms with van der Waals surface area (Å²) in [5.74, 6) is -22.5. The number of carbonyl (C=O) groups excluding carboxylic acids is 1. The van der Waals surface area contributed by atoms with Crippen LogP contribution in [-0.2, 0) is 13.2 Å². The van der Waals surface area contributed by atoms with Crippen molar-refractivity contribution in [2.75, 3.05) is 6.61 Å². The number of rotatable bonds is 10. The summed E-state index contributed by atoms with van der Waals surface area (Å²) >= 11 is 6.10. The highest BCUT2D eigenvalue weighted by atomic mass is 35.5. The lowest BCUT2D eigenvalue weighted by molar-refractivity contribution is -0.342. The molecule has 7 nitrogen and oxygen atoms in total. The van der Waals surface area contributed by atoms with Crippen LogP contribution >= 0.6 is 11.6 Å². The summed E-state index contributed by atoms with van der Waals surface area (Å²) < 4.78 is 153. The molecule has 0 bridgehead atoms. The van der Waals surface area contributed by atoms with Gasteiger partial charge in [-0.05, 0) is 30.5 Å². The fourth-order valence-corrected chi connectivity index (χ4v) is 3.89. The summed E-state index contributed by atoms with van der Waals surface area (Å²) in [7, 11) is 0.874. The zero-order valence-corrected chi connectivity index (χ0v) is 21.6. The third-order valence-electron chi connectivity index (χ3n) is 6.07. The number of nitrogens with zero attached hydrogens (tertiary/aromatic N) is 4. The Morgan fingerprint density at radius 3 is 2.31 bits per heavy atom. The van der Waals surface area contributed by atoms with Gasteiger partial charge in [-0.15, -0.1) is 5.10 Å². The molecular weight excluding hydrogens is 623 g/mol. The van der Waals surface area contributed by atoms with Crippen LogP contribution in [0, 0.1) is 0 Å². The molecule has 0 spiro atoms. The fraction of sp³-hybridized carbons (Fsp3) is 0.435. The van der Waals surface area contributed by atoms with Crippen LogP contribution in [0.4, 0.5) is 48.3 Å². The zero-order valence-electron chi connectivity index (χ0n) is 20.8. The normalized spacial score (nSPS) is 14.9. The smallest absolute Gasteiger partial charge is 0.425 e. The van der Waals surface area contributed by atoms with Gasteiger partial charge in [-0.2, -0.15) is 44.6 Å². The standard InChI is InChI=1S/C23H17ClF11N5O2/c1-39-18(40-8-11(7-36-40)10-2-5-14(24)13(6-10)16(41)37-12-3-4-12)15(22(31,32)33)17(38-39)42-9-20(27,28)23(34,35)21(29,30)19(25)26/h2,5-8,12,19H,3-4,9H2,1H3,(H,37,41). The minimum Gasteiger partial charge on any atom is -0.469 e. The molecular formula is C23H17ClF11N5O2. The van der Waals surface area contributed by atoms with Gasteiger partial charge in [0.05, 0.1) is 16.8 Å². The maximum Gasteiger partial charge on any atom is 0.425 e. The lowest BCUT2D eigenvalue weighted by Crippen LogP contribution is -2.59. The Morgan fingerprint density at radius 1 is 1.10 bits per heavy atom. The lowest BCUT2D eigenvalue weighted by Gasteiger charge is -2.31. The van der Waals surface area contributed by atoms with Crippen molar-refractivity contribution in [1.29, 1.82) is 0 Å². The second kappa shape index (κ2) is 10.6. The number of hydrogen-bond acceptors (Lipinski definition) is 4. The van der Waals surface area contributed by atoms with Crippen molar-refractivity contribution >= 4 is 17.5 Å². The summed E-state index contributed by atoms with van der Waals surface area (Å²) in [6.45, 7) is -2.86.